The number of amides is 1. The van der Waals surface area contributed by atoms with Crippen LogP contribution in [0.2, 0.25) is 0 Å². The highest BCUT2D eigenvalue weighted by molar-refractivity contribution is 5.67. The number of rotatable bonds is 1. The highest BCUT2D eigenvalue weighted by atomic mass is 19.1. The van der Waals surface area contributed by atoms with Crippen molar-refractivity contribution in [2.45, 2.75) is 25.4 Å². The first-order valence-corrected chi connectivity index (χ1v) is 5.48. The number of hydrogen-bond donors (Lipinski definition) is 1. The summed E-state index contributed by atoms with van der Waals surface area (Å²) in [7, 11) is 1.44. The maximum absolute atomic E-state index is 13.5. The molecular formula is C12H13F2NO2. The topological polar surface area (TPSA) is 38.3 Å². The summed E-state index contributed by atoms with van der Waals surface area (Å²) in [6.45, 7) is 0. The van der Waals surface area contributed by atoms with Gasteiger partial charge in [0.1, 0.15) is 17.7 Å². The van der Waals surface area contributed by atoms with Crippen molar-refractivity contribution in [1.82, 2.24) is 5.32 Å². The van der Waals surface area contributed by atoms with Crippen molar-refractivity contribution in [1.29, 1.82) is 0 Å². The molecule has 1 N–H and O–H groups in total. The van der Waals surface area contributed by atoms with Gasteiger partial charge in [-0.1, -0.05) is 0 Å². The van der Waals surface area contributed by atoms with Crippen LogP contribution in [0, 0.1) is 11.6 Å². The monoisotopic (exact) mass is 241 g/mol. The molecule has 92 valence electrons. The third kappa shape index (κ3) is 2.38. The van der Waals surface area contributed by atoms with E-state index in [4.69, 9.17) is 4.74 Å². The van der Waals surface area contributed by atoms with E-state index in [9.17, 15) is 13.6 Å². The summed E-state index contributed by atoms with van der Waals surface area (Å²) in [4.78, 5) is 11.1. The Morgan fingerprint density at radius 1 is 1.47 bits per heavy atom. The molecule has 1 unspecified atom stereocenters. The first-order valence-electron chi connectivity index (χ1n) is 5.48. The van der Waals surface area contributed by atoms with Gasteiger partial charge in [0.2, 0.25) is 0 Å². The van der Waals surface area contributed by atoms with E-state index in [2.05, 4.69) is 5.32 Å². The molecule has 1 aromatic carbocycles. The normalized spacial score (nSPS) is 18.4. The average Bonchev–Trinajstić information content (AvgIpc) is 2.30. The molecule has 17 heavy (non-hydrogen) atoms. The van der Waals surface area contributed by atoms with Crippen molar-refractivity contribution in [3.05, 3.63) is 34.9 Å². The second kappa shape index (κ2) is 4.69. The van der Waals surface area contributed by atoms with E-state index < -0.39 is 23.8 Å². The zero-order valence-corrected chi connectivity index (χ0v) is 9.43. The molecule has 1 atom stereocenters. The molecule has 1 aromatic rings. The van der Waals surface area contributed by atoms with E-state index in [1.807, 2.05) is 0 Å². The standard InChI is InChI=1S/C12H13F2NO2/c1-15-12(16)17-11-4-2-3-8-9(11)5-7(13)6-10(8)14/h5-6,11H,2-4H2,1H3,(H,15,16). The summed E-state index contributed by atoms with van der Waals surface area (Å²) in [5.41, 5.74) is 0.893. The number of fused-ring (bicyclic) bond motifs is 1. The van der Waals surface area contributed by atoms with Crippen molar-refractivity contribution in [2.24, 2.45) is 0 Å². The van der Waals surface area contributed by atoms with Gasteiger partial charge in [0.25, 0.3) is 0 Å². The largest absolute Gasteiger partial charge is 0.441 e. The van der Waals surface area contributed by atoms with Gasteiger partial charge in [0.05, 0.1) is 0 Å². The molecule has 0 heterocycles. The van der Waals surface area contributed by atoms with Crippen LogP contribution in [0.3, 0.4) is 0 Å². The molecule has 0 aromatic heterocycles. The lowest BCUT2D eigenvalue weighted by atomic mass is 9.89. The maximum Gasteiger partial charge on any atom is 0.407 e. The Morgan fingerprint density at radius 2 is 2.24 bits per heavy atom. The van der Waals surface area contributed by atoms with Gasteiger partial charge < -0.3 is 10.1 Å². The van der Waals surface area contributed by atoms with Gasteiger partial charge >= 0.3 is 6.09 Å². The number of ether oxygens (including phenoxy) is 1. The molecule has 0 radical (unpaired) electrons. The van der Waals surface area contributed by atoms with Crippen LogP contribution in [0.5, 0.6) is 0 Å². The third-order valence-electron chi connectivity index (χ3n) is 2.89. The number of halogens is 2. The lowest BCUT2D eigenvalue weighted by Gasteiger charge is -2.25. The quantitative estimate of drug-likeness (QED) is 0.820. The summed E-state index contributed by atoms with van der Waals surface area (Å²) >= 11 is 0. The van der Waals surface area contributed by atoms with E-state index in [1.165, 1.54) is 13.1 Å². The Balaban J connectivity index is 2.33. The van der Waals surface area contributed by atoms with Crippen LogP contribution in [0.1, 0.15) is 30.1 Å². The van der Waals surface area contributed by atoms with E-state index in [0.717, 1.165) is 12.5 Å². The average molecular weight is 241 g/mol. The van der Waals surface area contributed by atoms with Crippen LogP contribution >= 0.6 is 0 Å². The molecule has 0 bridgehead atoms. The van der Waals surface area contributed by atoms with Crippen LogP contribution < -0.4 is 5.32 Å². The zero-order chi connectivity index (χ0) is 12.4. The predicted octanol–water partition coefficient (Wildman–Crippen LogP) is 2.70. The fourth-order valence-electron chi connectivity index (χ4n) is 2.10. The second-order valence-electron chi connectivity index (χ2n) is 3.99. The number of alkyl carbamates (subject to hydrolysis) is 1. The molecule has 1 aliphatic rings. The summed E-state index contributed by atoms with van der Waals surface area (Å²) in [5.74, 6) is -1.21. The molecule has 1 aliphatic carbocycles. The minimum Gasteiger partial charge on any atom is -0.441 e. The number of nitrogens with one attached hydrogen (secondary N) is 1. The minimum atomic E-state index is -0.645. The smallest absolute Gasteiger partial charge is 0.407 e. The molecular weight excluding hydrogens is 228 g/mol. The van der Waals surface area contributed by atoms with E-state index >= 15 is 0 Å². The first kappa shape index (κ1) is 11.8. The highest BCUT2D eigenvalue weighted by Gasteiger charge is 2.26. The molecule has 5 heteroatoms. The first-order chi connectivity index (χ1) is 8.11. The fraction of sp³-hybridized carbons (Fsp3) is 0.417. The minimum absolute atomic E-state index is 0.442. The van der Waals surface area contributed by atoms with Crippen molar-refractivity contribution in [2.75, 3.05) is 7.05 Å². The number of hydrogen-bond acceptors (Lipinski definition) is 2. The lowest BCUT2D eigenvalue weighted by Crippen LogP contribution is -2.24. The van der Waals surface area contributed by atoms with Crippen molar-refractivity contribution in [3.63, 3.8) is 0 Å². The van der Waals surface area contributed by atoms with Gasteiger partial charge in [-0.3, -0.25) is 0 Å². The number of benzene rings is 1. The molecule has 0 spiro atoms. The van der Waals surface area contributed by atoms with E-state index in [0.29, 0.717) is 24.0 Å². The van der Waals surface area contributed by atoms with Crippen LogP contribution in [0.25, 0.3) is 0 Å². The number of carbonyl (C=O) groups excluding carboxylic acids is 1. The van der Waals surface area contributed by atoms with Crippen LogP contribution in [0.15, 0.2) is 12.1 Å². The molecule has 0 aliphatic heterocycles. The SMILES string of the molecule is CNC(=O)OC1CCCc2c(F)cc(F)cc21. The predicted molar refractivity (Wildman–Crippen MR) is 57.6 cm³/mol. The van der Waals surface area contributed by atoms with Gasteiger partial charge in [-0.15, -0.1) is 0 Å². The number of carbonyl (C=O) groups is 1. The summed E-state index contributed by atoms with van der Waals surface area (Å²) in [6, 6.07) is 2.10. The molecule has 0 fully saturated rings. The van der Waals surface area contributed by atoms with Gasteiger partial charge in [-0.25, -0.2) is 13.6 Å². The van der Waals surface area contributed by atoms with Gasteiger partial charge in [-0.2, -0.15) is 0 Å². The van der Waals surface area contributed by atoms with Crippen molar-refractivity contribution in [3.8, 4) is 0 Å². The lowest BCUT2D eigenvalue weighted by molar-refractivity contribution is 0.0885. The van der Waals surface area contributed by atoms with Crippen LogP contribution in [-0.2, 0) is 11.2 Å². The van der Waals surface area contributed by atoms with Gasteiger partial charge in [0, 0.05) is 18.7 Å². The molecule has 2 rings (SSSR count). The van der Waals surface area contributed by atoms with Gasteiger partial charge in [0.15, 0.2) is 0 Å². The Kier molecular flexibility index (Phi) is 3.26. The third-order valence-corrected chi connectivity index (χ3v) is 2.89. The van der Waals surface area contributed by atoms with Crippen LogP contribution in [-0.4, -0.2) is 13.1 Å². The molecule has 3 nitrogen and oxygen atoms in total. The Hall–Kier alpha value is -1.65. The maximum atomic E-state index is 13.5. The highest BCUT2D eigenvalue weighted by Crippen LogP contribution is 2.34. The fourth-order valence-corrected chi connectivity index (χ4v) is 2.10. The van der Waals surface area contributed by atoms with Crippen LogP contribution in [0.4, 0.5) is 13.6 Å². The van der Waals surface area contributed by atoms with E-state index in [-0.39, 0.29) is 0 Å². The summed E-state index contributed by atoms with van der Waals surface area (Å²) < 4.78 is 31.8. The Morgan fingerprint density at radius 3 is 2.94 bits per heavy atom. The Labute approximate surface area is 97.8 Å². The zero-order valence-electron chi connectivity index (χ0n) is 9.43. The van der Waals surface area contributed by atoms with E-state index in [1.54, 1.807) is 0 Å². The van der Waals surface area contributed by atoms with Gasteiger partial charge in [-0.05, 0) is 30.9 Å². The van der Waals surface area contributed by atoms with Crippen molar-refractivity contribution < 1.29 is 18.3 Å². The van der Waals surface area contributed by atoms with Crippen molar-refractivity contribution >= 4 is 6.09 Å². The molecule has 0 saturated heterocycles. The molecule has 0 saturated carbocycles. The Bertz CT molecular complexity index is 448. The summed E-state index contributed by atoms with van der Waals surface area (Å²) in [5, 5.41) is 2.32. The molecule has 1 amide bonds. The second-order valence-corrected chi connectivity index (χ2v) is 3.99. The summed E-state index contributed by atoms with van der Waals surface area (Å²) in [6.07, 6.45) is 0.701.